The first-order chi connectivity index (χ1) is 19.9. The minimum absolute atomic E-state index is 0.352. The summed E-state index contributed by atoms with van der Waals surface area (Å²) in [6.45, 7) is 11.4. The Morgan fingerprint density at radius 1 is 0.805 bits per heavy atom. The molecule has 1 aromatic carbocycles. The van der Waals surface area contributed by atoms with E-state index in [9.17, 15) is 14.7 Å². The summed E-state index contributed by atoms with van der Waals surface area (Å²) in [5.74, 6) is -0.0163. The van der Waals surface area contributed by atoms with E-state index < -0.39 is 20.9 Å². The molecule has 0 bridgehead atoms. The summed E-state index contributed by atoms with van der Waals surface area (Å²) in [7, 11) is -2.70. The van der Waals surface area contributed by atoms with Gasteiger partial charge in [0.15, 0.2) is 11.5 Å². The molecule has 10 nitrogen and oxygen atoms in total. The second kappa shape index (κ2) is 23.0. The molecule has 41 heavy (non-hydrogen) atoms. The van der Waals surface area contributed by atoms with Gasteiger partial charge in [0.05, 0.1) is 25.8 Å². The molecule has 0 aliphatic carbocycles. The summed E-state index contributed by atoms with van der Waals surface area (Å²) in [5.41, 5.74) is 0.694. The number of nitrogens with one attached hydrogen (secondary N) is 1. The normalized spacial score (nSPS) is 11.5. The van der Waals surface area contributed by atoms with Crippen molar-refractivity contribution < 1.29 is 42.2 Å². The lowest BCUT2D eigenvalue weighted by Crippen LogP contribution is -2.46. The maximum atomic E-state index is 12.0. The quantitative estimate of drug-likeness (QED) is 0.0930. The Hall–Kier alpha value is -2.60. The number of amides is 1. The minimum atomic E-state index is -2.70. The number of rotatable bonds is 25. The molecule has 0 fully saturated rings. The van der Waals surface area contributed by atoms with Crippen LogP contribution in [0.5, 0.6) is 11.5 Å². The molecule has 0 saturated heterocycles. The van der Waals surface area contributed by atoms with Crippen LogP contribution in [0, 0.1) is 0 Å². The Labute approximate surface area is 247 Å². The average Bonchev–Trinajstić information content (AvgIpc) is 2.95. The van der Waals surface area contributed by atoms with Crippen molar-refractivity contribution >= 4 is 26.9 Å². The molecule has 0 saturated carbocycles. The van der Waals surface area contributed by atoms with Crippen molar-refractivity contribution in [3.05, 3.63) is 29.8 Å². The molecule has 0 radical (unpaired) electrons. The van der Waals surface area contributed by atoms with Crippen LogP contribution in [-0.4, -0.2) is 67.1 Å². The highest BCUT2D eigenvalue weighted by Gasteiger charge is 2.39. The smallest absolute Gasteiger partial charge is 0.500 e. The lowest BCUT2D eigenvalue weighted by Gasteiger charge is -2.28. The number of carboxylic acids is 1. The van der Waals surface area contributed by atoms with Gasteiger partial charge in [-0.1, -0.05) is 31.9 Å². The van der Waals surface area contributed by atoms with E-state index in [1.165, 1.54) is 6.08 Å². The van der Waals surface area contributed by atoms with Crippen LogP contribution in [0.1, 0.15) is 84.6 Å². The summed E-state index contributed by atoms with van der Waals surface area (Å²) >= 11 is 0. The molecule has 1 rings (SSSR count). The molecular formula is C30H50NO9Si-. The SMILES string of the molecule is CCCCCOc1ccc(/C=C/C(=O)[O-])cc1OCCCCCCOC(=O)NCCC[Si](OCC)(OCC)OCC. The van der Waals surface area contributed by atoms with Crippen LogP contribution < -0.4 is 19.9 Å². The molecule has 1 aromatic rings. The van der Waals surface area contributed by atoms with Crippen molar-refractivity contribution in [2.75, 3.05) is 46.2 Å². The number of unbranched alkanes of at least 4 members (excludes halogenated alkanes) is 5. The topological polar surface area (TPSA) is 125 Å². The van der Waals surface area contributed by atoms with Crippen LogP contribution in [0.3, 0.4) is 0 Å². The Bertz CT molecular complexity index is 864. The van der Waals surface area contributed by atoms with E-state index in [4.69, 9.17) is 27.5 Å². The van der Waals surface area contributed by atoms with Crippen molar-refractivity contribution in [3.63, 3.8) is 0 Å². The number of carboxylic acid groups (broad SMARTS) is 1. The van der Waals surface area contributed by atoms with E-state index in [1.54, 1.807) is 18.2 Å². The van der Waals surface area contributed by atoms with Gasteiger partial charge in [-0.25, -0.2) is 4.79 Å². The van der Waals surface area contributed by atoms with Crippen LogP contribution in [0.25, 0.3) is 6.08 Å². The van der Waals surface area contributed by atoms with Crippen molar-refractivity contribution in [1.82, 2.24) is 5.32 Å². The Morgan fingerprint density at radius 2 is 1.41 bits per heavy atom. The van der Waals surface area contributed by atoms with Crippen LogP contribution in [-0.2, 0) is 22.8 Å². The third-order valence-electron chi connectivity index (χ3n) is 5.94. The van der Waals surface area contributed by atoms with Gasteiger partial charge in [0.1, 0.15) is 0 Å². The van der Waals surface area contributed by atoms with Crippen LogP contribution >= 0.6 is 0 Å². The Kier molecular flexibility index (Phi) is 20.4. The second-order valence-corrected chi connectivity index (χ2v) is 12.1. The van der Waals surface area contributed by atoms with E-state index in [2.05, 4.69) is 12.2 Å². The van der Waals surface area contributed by atoms with Crippen molar-refractivity contribution in [2.45, 2.75) is 85.1 Å². The van der Waals surface area contributed by atoms with Gasteiger partial charge in [-0.05, 0) is 83.1 Å². The zero-order chi connectivity index (χ0) is 30.2. The predicted octanol–water partition coefficient (Wildman–Crippen LogP) is 5.12. The monoisotopic (exact) mass is 596 g/mol. The zero-order valence-corrected chi connectivity index (χ0v) is 26.4. The van der Waals surface area contributed by atoms with E-state index in [1.807, 2.05) is 20.8 Å². The Balaban J connectivity index is 2.30. The van der Waals surface area contributed by atoms with E-state index in [-0.39, 0.29) is 0 Å². The lowest BCUT2D eigenvalue weighted by atomic mass is 10.2. The molecule has 1 amide bonds. The van der Waals surface area contributed by atoms with Gasteiger partial charge in [-0.2, -0.15) is 0 Å². The predicted molar refractivity (Wildman–Crippen MR) is 159 cm³/mol. The average molecular weight is 597 g/mol. The number of carbonyl (C=O) groups excluding carboxylic acids is 2. The highest BCUT2D eigenvalue weighted by Crippen LogP contribution is 2.29. The van der Waals surface area contributed by atoms with Crippen molar-refractivity contribution in [1.29, 1.82) is 0 Å². The fraction of sp³-hybridized carbons (Fsp3) is 0.667. The largest absolute Gasteiger partial charge is 0.545 e. The maximum Gasteiger partial charge on any atom is 0.500 e. The molecule has 1 N–H and O–H groups in total. The van der Waals surface area contributed by atoms with E-state index >= 15 is 0 Å². The highest BCUT2D eigenvalue weighted by molar-refractivity contribution is 6.60. The number of aliphatic carboxylic acids is 1. The van der Waals surface area contributed by atoms with Gasteiger partial charge in [-0.15, -0.1) is 0 Å². The second-order valence-electron chi connectivity index (χ2n) is 9.33. The molecule has 0 spiro atoms. The van der Waals surface area contributed by atoms with Crippen molar-refractivity contribution in [3.8, 4) is 11.5 Å². The molecule has 11 heteroatoms. The van der Waals surface area contributed by atoms with E-state index in [0.717, 1.165) is 51.0 Å². The molecule has 0 heterocycles. The third kappa shape index (κ3) is 17.1. The van der Waals surface area contributed by atoms with E-state index in [0.29, 0.717) is 75.7 Å². The zero-order valence-electron chi connectivity index (χ0n) is 25.4. The fourth-order valence-electron chi connectivity index (χ4n) is 4.01. The first kappa shape index (κ1) is 36.4. The minimum Gasteiger partial charge on any atom is -0.545 e. The highest BCUT2D eigenvalue weighted by atomic mass is 28.4. The first-order valence-electron chi connectivity index (χ1n) is 15.0. The van der Waals surface area contributed by atoms with Crippen molar-refractivity contribution in [2.24, 2.45) is 0 Å². The molecule has 0 aliphatic heterocycles. The van der Waals surface area contributed by atoms with Crippen LogP contribution in [0.15, 0.2) is 24.3 Å². The fourth-order valence-corrected chi connectivity index (χ4v) is 6.62. The number of benzene rings is 1. The third-order valence-corrected chi connectivity index (χ3v) is 9.09. The van der Waals surface area contributed by atoms with Gasteiger partial charge < -0.3 is 42.7 Å². The molecule has 0 aliphatic rings. The number of hydrogen-bond donors (Lipinski definition) is 1. The standard InChI is InChI=1S/C30H51NO9Si/c1-5-9-12-21-35-27-18-16-26(17-19-29(32)33)25-28(27)36-22-13-10-11-14-23-37-30(34)31-20-15-24-41(38-6-2,39-7-3)40-8-4/h16-19,25H,5-15,20-24H2,1-4H3,(H,31,34)(H,32,33)/p-1/b19-17+. The summed E-state index contributed by atoms with van der Waals surface area (Å²) in [6, 6.07) is 5.99. The molecule has 0 unspecified atom stereocenters. The molecular weight excluding hydrogens is 546 g/mol. The number of carbonyl (C=O) groups is 2. The molecule has 234 valence electrons. The number of ether oxygens (including phenoxy) is 3. The van der Waals surface area contributed by atoms with Gasteiger partial charge in [-0.3, -0.25) is 0 Å². The number of alkyl carbamates (subject to hydrolysis) is 1. The summed E-state index contributed by atoms with van der Waals surface area (Å²) in [4.78, 5) is 22.7. The first-order valence-corrected chi connectivity index (χ1v) is 16.9. The summed E-state index contributed by atoms with van der Waals surface area (Å²) in [6.07, 6.45) is 9.27. The molecule has 0 aromatic heterocycles. The Morgan fingerprint density at radius 3 is 2.02 bits per heavy atom. The summed E-state index contributed by atoms with van der Waals surface area (Å²) < 4.78 is 34.6. The van der Waals surface area contributed by atoms with Gasteiger partial charge >= 0.3 is 14.9 Å². The lowest BCUT2D eigenvalue weighted by molar-refractivity contribution is -0.297. The van der Waals surface area contributed by atoms with Gasteiger partial charge in [0.2, 0.25) is 0 Å². The van der Waals surface area contributed by atoms with Gasteiger partial charge in [0, 0.05) is 32.4 Å². The maximum absolute atomic E-state index is 12.0. The summed E-state index contributed by atoms with van der Waals surface area (Å²) in [5, 5.41) is 13.5. The molecule has 0 atom stereocenters. The number of hydrogen-bond acceptors (Lipinski definition) is 9. The van der Waals surface area contributed by atoms with Gasteiger partial charge in [0.25, 0.3) is 0 Å². The van der Waals surface area contributed by atoms with Crippen LogP contribution in [0.2, 0.25) is 6.04 Å². The van der Waals surface area contributed by atoms with Crippen LogP contribution in [0.4, 0.5) is 4.79 Å².